The average Bonchev–Trinajstić information content (AvgIpc) is 2.94. The Hall–Kier alpha value is -3.96. The van der Waals surface area contributed by atoms with Crippen LogP contribution < -0.4 is 9.47 Å². The van der Waals surface area contributed by atoms with Crippen molar-refractivity contribution in [1.29, 1.82) is 0 Å². The van der Waals surface area contributed by atoms with Gasteiger partial charge < -0.3 is 34.4 Å². The molecule has 0 aromatic heterocycles. The van der Waals surface area contributed by atoms with Crippen LogP contribution in [0.4, 0.5) is 0 Å². The zero-order valence-electron chi connectivity index (χ0n) is 22.9. The van der Waals surface area contributed by atoms with Gasteiger partial charge in [0, 0.05) is 12.1 Å². The molecule has 0 aliphatic heterocycles. The normalized spacial score (nSPS) is 12.0. The van der Waals surface area contributed by atoms with Gasteiger partial charge in [0.25, 0.3) is 0 Å². The molecule has 3 N–H and O–H groups in total. The summed E-state index contributed by atoms with van der Waals surface area (Å²) in [6.07, 6.45) is 2.19. The van der Waals surface area contributed by atoms with Crippen LogP contribution >= 0.6 is 0 Å². The highest BCUT2D eigenvalue weighted by Gasteiger charge is 2.36. The van der Waals surface area contributed by atoms with Gasteiger partial charge in [0.05, 0.1) is 26.7 Å². The van der Waals surface area contributed by atoms with E-state index in [2.05, 4.69) is 4.90 Å². The predicted octanol–water partition coefficient (Wildman–Crippen LogP) is 2.42. The number of ether oxygens (including phenoxy) is 3. The van der Waals surface area contributed by atoms with Crippen LogP contribution in [0.3, 0.4) is 0 Å². The highest BCUT2D eigenvalue weighted by molar-refractivity contribution is 6.27. The molecule has 2 aromatic carbocycles. The second-order valence-electron chi connectivity index (χ2n) is 8.94. The van der Waals surface area contributed by atoms with Gasteiger partial charge in [-0.3, -0.25) is 9.59 Å². The molecule has 0 saturated carbocycles. The highest BCUT2D eigenvalue weighted by Crippen LogP contribution is 2.36. The van der Waals surface area contributed by atoms with Gasteiger partial charge in [0.15, 0.2) is 17.3 Å². The number of carboxylic acids is 2. The monoisotopic (exact) mass is 547 g/mol. The van der Waals surface area contributed by atoms with Crippen molar-refractivity contribution in [2.45, 2.75) is 31.6 Å². The van der Waals surface area contributed by atoms with Crippen molar-refractivity contribution >= 4 is 23.7 Å². The number of carboxylic acid groups (broad SMARTS) is 2. The molecule has 2 rings (SSSR count). The highest BCUT2D eigenvalue weighted by atomic mass is 16.5. The summed E-state index contributed by atoms with van der Waals surface area (Å²) in [5.41, 5.74) is 1.58. The smallest absolute Gasteiger partial charge is 0.414 e. The summed E-state index contributed by atoms with van der Waals surface area (Å²) in [4.78, 5) is 44.8. The Kier molecular flexibility index (Phi) is 13.7. The zero-order chi connectivity index (χ0) is 29.6. The maximum absolute atomic E-state index is 12.7. The minimum atomic E-state index is -1.82. The number of likely N-dealkylation sites (N-methyl/N-ethyl adjacent to an activating group) is 1. The molecular formula is C28H37NO10. The third kappa shape index (κ3) is 10.0. The minimum absolute atomic E-state index is 0.275. The molecule has 0 aliphatic rings. The van der Waals surface area contributed by atoms with E-state index in [1.54, 1.807) is 26.4 Å². The third-order valence-corrected chi connectivity index (χ3v) is 6.23. The van der Waals surface area contributed by atoms with E-state index >= 15 is 0 Å². The number of Topliss-reactive ketones (excluding diaryl/α,β-unsaturated/α-hetero) is 1. The molecule has 2 aromatic rings. The molecule has 39 heavy (non-hydrogen) atoms. The lowest BCUT2D eigenvalue weighted by Crippen LogP contribution is -2.35. The van der Waals surface area contributed by atoms with Gasteiger partial charge in [-0.25, -0.2) is 9.59 Å². The number of hydrogen-bond acceptors (Lipinski definition) is 9. The summed E-state index contributed by atoms with van der Waals surface area (Å²) in [7, 11) is 6.59. The molecule has 0 fully saturated rings. The fourth-order valence-electron chi connectivity index (χ4n) is 3.89. The number of nitrogens with zero attached hydrogens (tertiary/aromatic N) is 1. The van der Waals surface area contributed by atoms with Gasteiger partial charge in [-0.05, 0) is 69.1 Å². The number of benzene rings is 2. The SMILES string of the molecule is COC(=O)C(C)(CCCN(C)CCc1cccc(C(=O)CO)c1)c1ccc(OC)c(OC)c1.O=C(O)C(=O)O. The van der Waals surface area contributed by atoms with E-state index in [1.165, 1.54) is 7.11 Å². The van der Waals surface area contributed by atoms with E-state index in [9.17, 15) is 9.59 Å². The third-order valence-electron chi connectivity index (χ3n) is 6.23. The number of hydrogen-bond donors (Lipinski definition) is 3. The lowest BCUT2D eigenvalue weighted by atomic mass is 9.78. The van der Waals surface area contributed by atoms with Gasteiger partial charge in [0.1, 0.15) is 6.61 Å². The van der Waals surface area contributed by atoms with Crippen molar-refractivity contribution in [3.63, 3.8) is 0 Å². The summed E-state index contributed by atoms with van der Waals surface area (Å²) in [6, 6.07) is 12.9. The van der Waals surface area contributed by atoms with E-state index in [-0.39, 0.29) is 11.8 Å². The summed E-state index contributed by atoms with van der Waals surface area (Å²) < 4.78 is 15.9. The molecule has 1 atom stereocenters. The lowest BCUT2D eigenvalue weighted by Gasteiger charge is -2.29. The largest absolute Gasteiger partial charge is 0.493 e. The molecule has 11 heteroatoms. The fourth-order valence-corrected chi connectivity index (χ4v) is 3.89. The number of esters is 1. The van der Waals surface area contributed by atoms with Gasteiger partial charge in [-0.2, -0.15) is 0 Å². The molecule has 11 nitrogen and oxygen atoms in total. The first kappa shape index (κ1) is 33.1. The lowest BCUT2D eigenvalue weighted by molar-refractivity contribution is -0.159. The summed E-state index contributed by atoms with van der Waals surface area (Å²) in [5.74, 6) is -3.03. The van der Waals surface area contributed by atoms with E-state index in [1.807, 2.05) is 44.3 Å². The van der Waals surface area contributed by atoms with Crippen LogP contribution in [-0.2, 0) is 31.0 Å². The number of carbonyl (C=O) groups is 4. The maximum atomic E-state index is 12.7. The number of aliphatic hydroxyl groups excluding tert-OH is 1. The molecule has 0 spiro atoms. The summed E-state index contributed by atoms with van der Waals surface area (Å²) in [6.45, 7) is 3.02. The topological polar surface area (TPSA) is 160 Å². The molecular weight excluding hydrogens is 510 g/mol. The maximum Gasteiger partial charge on any atom is 0.414 e. The zero-order valence-corrected chi connectivity index (χ0v) is 22.9. The quantitative estimate of drug-likeness (QED) is 0.192. The molecule has 0 aliphatic carbocycles. The van der Waals surface area contributed by atoms with Crippen LogP contribution in [0, 0.1) is 0 Å². The first-order valence-corrected chi connectivity index (χ1v) is 12.1. The number of aliphatic carboxylic acids is 2. The van der Waals surface area contributed by atoms with Crippen LogP contribution in [0.25, 0.3) is 0 Å². The fraction of sp³-hybridized carbons (Fsp3) is 0.429. The van der Waals surface area contributed by atoms with Crippen molar-refractivity contribution in [3.05, 3.63) is 59.2 Å². The predicted molar refractivity (Wildman–Crippen MR) is 142 cm³/mol. The second-order valence-corrected chi connectivity index (χ2v) is 8.94. The summed E-state index contributed by atoms with van der Waals surface area (Å²) >= 11 is 0. The van der Waals surface area contributed by atoms with E-state index in [0.29, 0.717) is 23.5 Å². The average molecular weight is 548 g/mol. The van der Waals surface area contributed by atoms with Crippen molar-refractivity contribution < 1.29 is 48.7 Å². The van der Waals surface area contributed by atoms with E-state index in [4.69, 9.17) is 39.1 Å². The second kappa shape index (κ2) is 16.1. The van der Waals surface area contributed by atoms with Gasteiger partial charge in [-0.15, -0.1) is 0 Å². The Bertz CT molecular complexity index is 1120. The molecule has 0 saturated heterocycles. The van der Waals surface area contributed by atoms with E-state index < -0.39 is 24.0 Å². The van der Waals surface area contributed by atoms with Crippen LogP contribution in [0.1, 0.15) is 41.3 Å². The Balaban J connectivity index is 0.00000113. The summed E-state index contributed by atoms with van der Waals surface area (Å²) in [5, 5.41) is 23.8. The minimum Gasteiger partial charge on any atom is -0.493 e. The Labute approximate surface area is 227 Å². The first-order valence-electron chi connectivity index (χ1n) is 12.1. The molecule has 0 bridgehead atoms. The Morgan fingerprint density at radius 1 is 0.897 bits per heavy atom. The van der Waals surface area contributed by atoms with Crippen LogP contribution in [0.2, 0.25) is 0 Å². The van der Waals surface area contributed by atoms with Crippen LogP contribution in [0.5, 0.6) is 11.5 Å². The molecule has 0 heterocycles. The molecule has 214 valence electrons. The van der Waals surface area contributed by atoms with Gasteiger partial charge in [0.2, 0.25) is 0 Å². The molecule has 1 unspecified atom stereocenters. The Morgan fingerprint density at radius 2 is 1.54 bits per heavy atom. The standard InChI is InChI=1S/C26H35NO6.C2H2O4/c1-26(25(30)33-5,21-10-11-23(31-3)24(17-21)32-4)13-7-14-27(2)15-12-19-8-6-9-20(16-19)22(29)18-28;3-1(4)2(5)6/h6,8-11,16-17,28H,7,12-15,18H2,1-5H3;(H,3,4)(H,5,6). The molecule has 0 radical (unpaired) electrons. The van der Waals surface area contributed by atoms with Crippen molar-refractivity contribution in [2.75, 3.05) is 48.1 Å². The van der Waals surface area contributed by atoms with Crippen LogP contribution in [-0.4, -0.2) is 92.0 Å². The van der Waals surface area contributed by atoms with Crippen molar-refractivity contribution in [1.82, 2.24) is 4.90 Å². The van der Waals surface area contributed by atoms with E-state index in [0.717, 1.165) is 37.1 Å². The first-order chi connectivity index (χ1) is 18.4. The molecule has 0 amide bonds. The number of rotatable bonds is 13. The van der Waals surface area contributed by atoms with Crippen LogP contribution in [0.15, 0.2) is 42.5 Å². The van der Waals surface area contributed by atoms with Crippen molar-refractivity contribution in [2.24, 2.45) is 0 Å². The number of aliphatic hydroxyl groups is 1. The van der Waals surface area contributed by atoms with Crippen molar-refractivity contribution in [3.8, 4) is 11.5 Å². The number of methoxy groups -OCH3 is 3. The number of ketones is 1. The Morgan fingerprint density at radius 3 is 2.08 bits per heavy atom. The van der Waals surface area contributed by atoms with Gasteiger partial charge in [-0.1, -0.05) is 24.3 Å². The van der Waals surface area contributed by atoms with Gasteiger partial charge >= 0.3 is 17.9 Å². The number of carbonyl (C=O) groups excluding carboxylic acids is 2.